The van der Waals surface area contributed by atoms with Gasteiger partial charge >= 0.3 is 0 Å². The molecule has 5 nitrogen and oxygen atoms in total. The Bertz CT molecular complexity index is 583. The molecule has 0 radical (unpaired) electrons. The molecule has 1 N–H and O–H groups in total. The first-order valence-electron chi connectivity index (χ1n) is 6.37. The lowest BCUT2D eigenvalue weighted by Gasteiger charge is -2.16. The van der Waals surface area contributed by atoms with E-state index in [1.807, 2.05) is 14.1 Å². The topological polar surface area (TPSA) is 53.9 Å². The first-order chi connectivity index (χ1) is 9.45. The molecule has 20 heavy (non-hydrogen) atoms. The molecule has 1 heterocycles. The minimum Gasteiger partial charge on any atom is -0.348 e. The summed E-state index contributed by atoms with van der Waals surface area (Å²) in [5.74, 6) is 1.00. The molecule has 1 aromatic carbocycles. The number of aromatic nitrogens is 3. The fourth-order valence-corrected chi connectivity index (χ4v) is 1.89. The van der Waals surface area contributed by atoms with Gasteiger partial charge in [0.2, 0.25) is 17.2 Å². The summed E-state index contributed by atoms with van der Waals surface area (Å²) >= 11 is 5.92. The minimum absolute atomic E-state index is 0.0871. The predicted octanol–water partition coefficient (Wildman–Crippen LogP) is 3.07. The number of nitrogens with zero attached hydrogens (tertiary/aromatic N) is 4. The van der Waals surface area contributed by atoms with Gasteiger partial charge in [0.05, 0.1) is 6.04 Å². The molecular formula is C14H18ClN5. The molecule has 0 amide bonds. The lowest BCUT2D eigenvalue weighted by Crippen LogP contribution is -2.16. The molecule has 106 valence electrons. The molecule has 1 unspecified atom stereocenters. The van der Waals surface area contributed by atoms with Crippen LogP contribution in [0.25, 0.3) is 0 Å². The van der Waals surface area contributed by atoms with E-state index in [1.54, 1.807) is 4.90 Å². The second-order valence-electron chi connectivity index (χ2n) is 4.90. The molecule has 0 aliphatic rings. The van der Waals surface area contributed by atoms with Gasteiger partial charge in [-0.05, 0) is 31.0 Å². The molecule has 2 rings (SSSR count). The maximum atomic E-state index is 5.92. The van der Waals surface area contributed by atoms with Crippen LogP contribution < -0.4 is 10.2 Å². The Morgan fingerprint density at radius 2 is 1.75 bits per heavy atom. The van der Waals surface area contributed by atoms with E-state index in [0.717, 1.165) is 0 Å². The van der Waals surface area contributed by atoms with Crippen molar-refractivity contribution in [2.75, 3.05) is 24.3 Å². The van der Waals surface area contributed by atoms with Crippen molar-refractivity contribution in [3.8, 4) is 0 Å². The van der Waals surface area contributed by atoms with Gasteiger partial charge in [-0.3, -0.25) is 0 Å². The molecule has 0 fully saturated rings. The van der Waals surface area contributed by atoms with E-state index in [9.17, 15) is 0 Å². The summed E-state index contributed by atoms with van der Waals surface area (Å²) in [7, 11) is 3.72. The molecule has 0 saturated heterocycles. The van der Waals surface area contributed by atoms with Gasteiger partial charge in [0, 0.05) is 14.1 Å². The number of anilines is 2. The van der Waals surface area contributed by atoms with Crippen LogP contribution in [-0.4, -0.2) is 29.0 Å². The van der Waals surface area contributed by atoms with Gasteiger partial charge in [0.1, 0.15) is 0 Å². The zero-order chi connectivity index (χ0) is 14.7. The first kappa shape index (κ1) is 14.5. The van der Waals surface area contributed by atoms with E-state index in [2.05, 4.69) is 58.4 Å². The van der Waals surface area contributed by atoms with Gasteiger partial charge in [-0.2, -0.15) is 15.0 Å². The van der Waals surface area contributed by atoms with E-state index >= 15 is 0 Å². The number of benzene rings is 1. The van der Waals surface area contributed by atoms with Gasteiger partial charge in [0.15, 0.2) is 0 Å². The largest absolute Gasteiger partial charge is 0.348 e. The SMILES string of the molecule is Cc1ccc(C(C)Nc2nc(Cl)nc(N(C)C)n2)cc1. The van der Waals surface area contributed by atoms with Crippen LogP contribution in [0.1, 0.15) is 24.1 Å². The Kier molecular flexibility index (Phi) is 4.39. The second-order valence-corrected chi connectivity index (χ2v) is 5.24. The van der Waals surface area contributed by atoms with Gasteiger partial charge < -0.3 is 10.2 Å². The third-order valence-corrected chi connectivity index (χ3v) is 3.09. The van der Waals surface area contributed by atoms with Crippen molar-refractivity contribution in [3.63, 3.8) is 0 Å². The predicted molar refractivity (Wildman–Crippen MR) is 82.4 cm³/mol. The molecule has 1 atom stereocenters. The van der Waals surface area contributed by atoms with Gasteiger partial charge in [-0.1, -0.05) is 29.8 Å². The molecule has 2 aromatic rings. The maximum absolute atomic E-state index is 5.92. The molecule has 0 saturated carbocycles. The van der Waals surface area contributed by atoms with Crippen molar-refractivity contribution in [1.29, 1.82) is 0 Å². The standard InChI is InChI=1S/C14H18ClN5/c1-9-5-7-11(8-6-9)10(2)16-13-17-12(15)18-14(19-13)20(3)4/h5-8,10H,1-4H3,(H,16,17,18,19). The van der Waals surface area contributed by atoms with Crippen LogP contribution in [-0.2, 0) is 0 Å². The molecule has 6 heteroatoms. The van der Waals surface area contributed by atoms with Crippen LogP contribution in [0.15, 0.2) is 24.3 Å². The number of rotatable bonds is 4. The third-order valence-electron chi connectivity index (χ3n) is 2.92. The van der Waals surface area contributed by atoms with Crippen molar-refractivity contribution in [2.24, 2.45) is 0 Å². The van der Waals surface area contributed by atoms with Gasteiger partial charge in [-0.15, -0.1) is 0 Å². The third kappa shape index (κ3) is 3.57. The Morgan fingerprint density at radius 3 is 2.35 bits per heavy atom. The fourth-order valence-electron chi connectivity index (χ4n) is 1.74. The van der Waals surface area contributed by atoms with E-state index < -0.39 is 0 Å². The maximum Gasteiger partial charge on any atom is 0.230 e. The Labute approximate surface area is 124 Å². The summed E-state index contributed by atoms with van der Waals surface area (Å²) in [4.78, 5) is 14.3. The van der Waals surface area contributed by atoms with Crippen molar-refractivity contribution in [2.45, 2.75) is 19.9 Å². The fraction of sp³-hybridized carbons (Fsp3) is 0.357. The zero-order valence-electron chi connectivity index (χ0n) is 12.1. The van der Waals surface area contributed by atoms with Gasteiger partial charge in [0.25, 0.3) is 0 Å². The van der Waals surface area contributed by atoms with Crippen molar-refractivity contribution in [1.82, 2.24) is 15.0 Å². The highest BCUT2D eigenvalue weighted by atomic mass is 35.5. The number of aryl methyl sites for hydroxylation is 1. The Hall–Kier alpha value is -1.88. The number of nitrogens with one attached hydrogen (secondary N) is 1. The van der Waals surface area contributed by atoms with Gasteiger partial charge in [-0.25, -0.2) is 0 Å². The molecule has 0 aliphatic carbocycles. The summed E-state index contributed by atoms with van der Waals surface area (Å²) in [5.41, 5.74) is 2.40. The Morgan fingerprint density at radius 1 is 1.10 bits per heavy atom. The second kappa shape index (κ2) is 6.05. The lowest BCUT2D eigenvalue weighted by atomic mass is 10.1. The quantitative estimate of drug-likeness (QED) is 0.938. The highest BCUT2D eigenvalue weighted by Gasteiger charge is 2.10. The zero-order valence-corrected chi connectivity index (χ0v) is 12.8. The highest BCUT2D eigenvalue weighted by Crippen LogP contribution is 2.19. The average molecular weight is 292 g/mol. The molecule has 0 aliphatic heterocycles. The van der Waals surface area contributed by atoms with Crippen LogP contribution in [0.5, 0.6) is 0 Å². The minimum atomic E-state index is 0.0871. The molecule has 1 aromatic heterocycles. The normalized spacial score (nSPS) is 12.1. The summed E-state index contributed by atoms with van der Waals surface area (Å²) < 4.78 is 0. The van der Waals surface area contributed by atoms with E-state index in [0.29, 0.717) is 11.9 Å². The van der Waals surface area contributed by atoms with Crippen LogP contribution >= 0.6 is 11.6 Å². The highest BCUT2D eigenvalue weighted by molar-refractivity contribution is 6.28. The lowest BCUT2D eigenvalue weighted by molar-refractivity contribution is 0.846. The van der Waals surface area contributed by atoms with Crippen molar-refractivity contribution in [3.05, 3.63) is 40.7 Å². The number of hydrogen-bond donors (Lipinski definition) is 1. The molecular weight excluding hydrogens is 274 g/mol. The first-order valence-corrected chi connectivity index (χ1v) is 6.75. The van der Waals surface area contributed by atoms with Crippen LogP contribution in [0.3, 0.4) is 0 Å². The van der Waals surface area contributed by atoms with Crippen LogP contribution in [0.2, 0.25) is 5.28 Å². The number of halogens is 1. The average Bonchev–Trinajstić information content (AvgIpc) is 2.38. The van der Waals surface area contributed by atoms with Crippen LogP contribution in [0, 0.1) is 6.92 Å². The smallest absolute Gasteiger partial charge is 0.230 e. The summed E-state index contributed by atoms with van der Waals surface area (Å²) in [5, 5.41) is 3.42. The summed E-state index contributed by atoms with van der Waals surface area (Å²) in [6.07, 6.45) is 0. The van der Waals surface area contributed by atoms with E-state index in [4.69, 9.17) is 11.6 Å². The van der Waals surface area contributed by atoms with E-state index in [-0.39, 0.29) is 11.3 Å². The number of hydrogen-bond acceptors (Lipinski definition) is 5. The summed E-state index contributed by atoms with van der Waals surface area (Å²) in [6, 6.07) is 8.42. The monoisotopic (exact) mass is 291 g/mol. The van der Waals surface area contributed by atoms with Crippen molar-refractivity contribution < 1.29 is 0 Å². The molecule has 0 spiro atoms. The Balaban J connectivity index is 2.18. The molecule has 0 bridgehead atoms. The summed E-state index contributed by atoms with van der Waals surface area (Å²) in [6.45, 7) is 4.12. The van der Waals surface area contributed by atoms with Crippen LogP contribution in [0.4, 0.5) is 11.9 Å². The van der Waals surface area contributed by atoms with Crippen molar-refractivity contribution >= 4 is 23.5 Å². The van der Waals surface area contributed by atoms with E-state index in [1.165, 1.54) is 11.1 Å².